The number of carbonyl (C=O) groups excluding carboxylic acids is 1. The molecule has 1 heterocycles. The van der Waals surface area contributed by atoms with Crippen molar-refractivity contribution in [3.63, 3.8) is 0 Å². The fourth-order valence-electron chi connectivity index (χ4n) is 2.04. The second kappa shape index (κ2) is 7.89. The smallest absolute Gasteiger partial charge is 0.318 e. The number of aromatic nitrogens is 2. The summed E-state index contributed by atoms with van der Waals surface area (Å²) in [4.78, 5) is 18.4. The van der Waals surface area contributed by atoms with Gasteiger partial charge in [0.05, 0.1) is 12.6 Å². The zero-order valence-corrected chi connectivity index (χ0v) is 13.1. The summed E-state index contributed by atoms with van der Waals surface area (Å²) in [5.41, 5.74) is 0. The predicted molar refractivity (Wildman–Crippen MR) is 78.4 cm³/mol. The van der Waals surface area contributed by atoms with Crippen LogP contribution in [0.4, 0.5) is 4.79 Å². The summed E-state index contributed by atoms with van der Waals surface area (Å²) in [5.74, 6) is 1.14. The zero-order chi connectivity index (χ0) is 15.1. The molecule has 0 spiro atoms. The molecule has 0 aromatic carbocycles. The Kier molecular flexibility index (Phi) is 6.51. The van der Waals surface area contributed by atoms with E-state index in [-0.39, 0.29) is 18.0 Å². The first kappa shape index (κ1) is 16.5. The highest BCUT2D eigenvalue weighted by atomic mass is 16.5. The lowest BCUT2D eigenvalue weighted by molar-refractivity contribution is 0.148. The summed E-state index contributed by atoms with van der Waals surface area (Å²) in [6.07, 6.45) is 3.64. The number of methoxy groups -OCH3 is 1. The summed E-state index contributed by atoms with van der Waals surface area (Å²) >= 11 is 0. The fraction of sp³-hybridized carbons (Fsp3) is 0.714. The molecule has 0 aliphatic heterocycles. The topological polar surface area (TPSA) is 59.4 Å². The van der Waals surface area contributed by atoms with E-state index in [9.17, 15) is 4.79 Å². The summed E-state index contributed by atoms with van der Waals surface area (Å²) < 4.78 is 6.97. The molecule has 0 fully saturated rings. The summed E-state index contributed by atoms with van der Waals surface area (Å²) in [6.45, 7) is 7.89. The van der Waals surface area contributed by atoms with Gasteiger partial charge in [-0.25, -0.2) is 9.78 Å². The molecule has 1 rings (SSSR count). The molecule has 6 heteroatoms. The van der Waals surface area contributed by atoms with Gasteiger partial charge < -0.3 is 19.5 Å². The Balaban J connectivity index is 2.75. The number of aryl methyl sites for hydroxylation is 1. The average Bonchev–Trinajstić information content (AvgIpc) is 2.82. The summed E-state index contributed by atoms with van der Waals surface area (Å²) in [5, 5.41) is 3.07. The van der Waals surface area contributed by atoms with Gasteiger partial charge in [-0.1, -0.05) is 13.8 Å². The highest BCUT2D eigenvalue weighted by molar-refractivity contribution is 5.74. The highest BCUT2D eigenvalue weighted by Crippen LogP contribution is 2.19. The molecular formula is C14H26N4O2. The first-order chi connectivity index (χ1) is 9.51. The standard InChI is InChI=1S/C14H26N4O2/c1-6-18(9-10-20-5)14(19)16-12(11(2)3)13-15-7-8-17(13)4/h7-8,11-12H,6,9-10H2,1-5H3,(H,16,19)/t12-/m1/s1. The number of amides is 2. The predicted octanol–water partition coefficient (Wildman–Crippen LogP) is 1.80. The zero-order valence-electron chi connectivity index (χ0n) is 13.1. The normalized spacial score (nSPS) is 12.5. The number of imidazole rings is 1. The summed E-state index contributed by atoms with van der Waals surface area (Å²) in [7, 11) is 3.57. The maximum Gasteiger partial charge on any atom is 0.318 e. The average molecular weight is 282 g/mol. The van der Waals surface area contributed by atoms with E-state index < -0.39 is 0 Å². The van der Waals surface area contributed by atoms with Crippen LogP contribution in [0, 0.1) is 5.92 Å². The number of rotatable bonds is 7. The Morgan fingerprint density at radius 3 is 2.70 bits per heavy atom. The van der Waals surface area contributed by atoms with Crippen molar-refractivity contribution in [1.29, 1.82) is 0 Å². The van der Waals surface area contributed by atoms with Crippen molar-refractivity contribution in [2.75, 3.05) is 26.8 Å². The van der Waals surface area contributed by atoms with E-state index in [1.54, 1.807) is 18.2 Å². The molecule has 0 radical (unpaired) electrons. The monoisotopic (exact) mass is 282 g/mol. The van der Waals surface area contributed by atoms with Crippen LogP contribution in [0.25, 0.3) is 0 Å². The Hall–Kier alpha value is -1.56. The number of nitrogens with zero attached hydrogens (tertiary/aromatic N) is 3. The maximum atomic E-state index is 12.3. The third-order valence-corrected chi connectivity index (χ3v) is 3.32. The first-order valence-corrected chi connectivity index (χ1v) is 7.02. The van der Waals surface area contributed by atoms with Gasteiger partial charge >= 0.3 is 6.03 Å². The SMILES string of the molecule is CCN(CCOC)C(=O)N[C@@H](c1nccn1C)C(C)C. The van der Waals surface area contributed by atoms with Crippen LogP contribution in [0.1, 0.15) is 32.6 Å². The van der Waals surface area contributed by atoms with Crippen LogP contribution in [-0.2, 0) is 11.8 Å². The number of nitrogens with one attached hydrogen (secondary N) is 1. The van der Waals surface area contributed by atoms with Gasteiger partial charge in [0.15, 0.2) is 0 Å². The lowest BCUT2D eigenvalue weighted by Crippen LogP contribution is -2.44. The molecule has 1 N–H and O–H groups in total. The van der Waals surface area contributed by atoms with Crippen molar-refractivity contribution in [3.05, 3.63) is 18.2 Å². The molecule has 20 heavy (non-hydrogen) atoms. The second-order valence-electron chi connectivity index (χ2n) is 5.14. The minimum Gasteiger partial charge on any atom is -0.383 e. The van der Waals surface area contributed by atoms with Gasteiger partial charge in [0, 0.05) is 39.6 Å². The van der Waals surface area contributed by atoms with Gasteiger partial charge in [-0.2, -0.15) is 0 Å². The first-order valence-electron chi connectivity index (χ1n) is 7.02. The van der Waals surface area contributed by atoms with E-state index >= 15 is 0 Å². The molecule has 0 aliphatic rings. The van der Waals surface area contributed by atoms with Crippen LogP contribution >= 0.6 is 0 Å². The molecule has 0 saturated heterocycles. The van der Waals surface area contributed by atoms with E-state index in [2.05, 4.69) is 24.1 Å². The molecular weight excluding hydrogens is 256 g/mol. The van der Waals surface area contributed by atoms with Crippen LogP contribution in [-0.4, -0.2) is 47.3 Å². The molecule has 0 bridgehead atoms. The van der Waals surface area contributed by atoms with E-state index in [4.69, 9.17) is 4.74 Å². The minimum atomic E-state index is -0.0981. The molecule has 6 nitrogen and oxygen atoms in total. The second-order valence-corrected chi connectivity index (χ2v) is 5.14. The molecule has 0 aliphatic carbocycles. The van der Waals surface area contributed by atoms with Crippen molar-refractivity contribution in [2.24, 2.45) is 13.0 Å². The van der Waals surface area contributed by atoms with Crippen molar-refractivity contribution in [3.8, 4) is 0 Å². The Bertz CT molecular complexity index is 417. The van der Waals surface area contributed by atoms with E-state index in [1.165, 1.54) is 0 Å². The van der Waals surface area contributed by atoms with Crippen LogP contribution in [0.15, 0.2) is 12.4 Å². The molecule has 114 valence electrons. The number of hydrogen-bond acceptors (Lipinski definition) is 3. The van der Waals surface area contributed by atoms with Gasteiger partial charge in [-0.05, 0) is 12.8 Å². The van der Waals surface area contributed by atoms with E-state index in [0.29, 0.717) is 19.7 Å². The van der Waals surface area contributed by atoms with Crippen molar-refractivity contribution in [2.45, 2.75) is 26.8 Å². The van der Waals surface area contributed by atoms with Crippen molar-refractivity contribution in [1.82, 2.24) is 19.8 Å². The number of hydrogen-bond donors (Lipinski definition) is 1. The van der Waals surface area contributed by atoms with Crippen molar-refractivity contribution < 1.29 is 9.53 Å². The van der Waals surface area contributed by atoms with Crippen LogP contribution < -0.4 is 5.32 Å². The van der Waals surface area contributed by atoms with Gasteiger partial charge in [0.1, 0.15) is 5.82 Å². The Morgan fingerprint density at radius 2 is 2.25 bits per heavy atom. The van der Waals surface area contributed by atoms with Crippen LogP contribution in [0.3, 0.4) is 0 Å². The van der Waals surface area contributed by atoms with Crippen LogP contribution in [0.2, 0.25) is 0 Å². The quantitative estimate of drug-likeness (QED) is 0.829. The molecule has 1 aromatic rings. The molecule has 1 aromatic heterocycles. The van der Waals surface area contributed by atoms with Gasteiger partial charge in [0.25, 0.3) is 0 Å². The van der Waals surface area contributed by atoms with Crippen molar-refractivity contribution >= 4 is 6.03 Å². The van der Waals surface area contributed by atoms with Gasteiger partial charge in [-0.15, -0.1) is 0 Å². The largest absolute Gasteiger partial charge is 0.383 e. The van der Waals surface area contributed by atoms with E-state index in [1.807, 2.05) is 24.7 Å². The molecule has 1 atom stereocenters. The Labute approximate surface area is 121 Å². The number of urea groups is 1. The van der Waals surface area contributed by atoms with Crippen LogP contribution in [0.5, 0.6) is 0 Å². The van der Waals surface area contributed by atoms with Gasteiger partial charge in [0.2, 0.25) is 0 Å². The number of ether oxygens (including phenoxy) is 1. The third-order valence-electron chi connectivity index (χ3n) is 3.32. The minimum absolute atomic E-state index is 0.0775. The lowest BCUT2D eigenvalue weighted by atomic mass is 10.0. The third kappa shape index (κ3) is 4.23. The molecule has 0 saturated carbocycles. The number of likely N-dealkylation sites (N-methyl/N-ethyl adjacent to an activating group) is 1. The molecule has 0 unspecified atom stereocenters. The summed E-state index contributed by atoms with van der Waals surface area (Å²) in [6, 6.07) is -0.176. The van der Waals surface area contributed by atoms with E-state index in [0.717, 1.165) is 5.82 Å². The number of carbonyl (C=O) groups is 1. The molecule has 2 amide bonds. The maximum absolute atomic E-state index is 12.3. The Morgan fingerprint density at radius 1 is 1.55 bits per heavy atom. The van der Waals surface area contributed by atoms with Gasteiger partial charge in [-0.3, -0.25) is 0 Å². The fourth-order valence-corrected chi connectivity index (χ4v) is 2.04. The highest BCUT2D eigenvalue weighted by Gasteiger charge is 2.23. The lowest BCUT2D eigenvalue weighted by Gasteiger charge is -2.27.